The van der Waals surface area contributed by atoms with Crippen LogP contribution in [-0.4, -0.2) is 22.7 Å². The van der Waals surface area contributed by atoms with Gasteiger partial charge in [0.25, 0.3) is 0 Å². The zero-order valence-electron chi connectivity index (χ0n) is 10.5. The number of nitrogens with zero attached hydrogens (tertiary/aromatic N) is 2. The topological polar surface area (TPSA) is 36.3 Å². The summed E-state index contributed by atoms with van der Waals surface area (Å²) in [5.74, 6) is 0.0528. The zero-order chi connectivity index (χ0) is 11.7. The summed E-state index contributed by atoms with van der Waals surface area (Å²) in [7, 11) is 0. The van der Waals surface area contributed by atoms with Crippen molar-refractivity contribution in [3.05, 3.63) is 0 Å². The van der Waals surface area contributed by atoms with Gasteiger partial charge in [-0.3, -0.25) is 4.84 Å². The molecule has 0 spiro atoms. The van der Waals surface area contributed by atoms with Crippen LogP contribution in [0, 0.1) is 17.2 Å². The Bertz CT molecular complexity index is 265. The summed E-state index contributed by atoms with van der Waals surface area (Å²) in [5, 5.41) is 11.2. The first-order valence-corrected chi connectivity index (χ1v) is 5.69. The molecule has 3 nitrogen and oxygen atoms in total. The Morgan fingerprint density at radius 1 is 1.40 bits per heavy atom. The highest BCUT2D eigenvalue weighted by atomic mass is 16.7. The molecule has 0 saturated carbocycles. The van der Waals surface area contributed by atoms with E-state index in [1.807, 2.05) is 12.0 Å². The van der Waals surface area contributed by atoms with Crippen molar-refractivity contribution in [1.82, 2.24) is 5.06 Å². The molecule has 86 valence electrons. The molecule has 1 rings (SSSR count). The lowest BCUT2D eigenvalue weighted by atomic mass is 9.75. The van der Waals surface area contributed by atoms with Crippen LogP contribution in [0.5, 0.6) is 0 Å². The summed E-state index contributed by atoms with van der Waals surface area (Å²) < 4.78 is 0. The SMILES string of the molecule is CCON1C(C)(C)CCC(C#N)C1(C)C. The third-order valence-corrected chi connectivity index (χ3v) is 3.38. The molecule has 0 radical (unpaired) electrons. The smallest absolute Gasteiger partial charge is 0.0676 e. The van der Waals surface area contributed by atoms with Gasteiger partial charge in [-0.25, -0.2) is 0 Å². The van der Waals surface area contributed by atoms with Gasteiger partial charge in [0.15, 0.2) is 0 Å². The van der Waals surface area contributed by atoms with Crippen LogP contribution >= 0.6 is 0 Å². The minimum absolute atomic E-state index is 0.0207. The van der Waals surface area contributed by atoms with Crippen molar-refractivity contribution < 1.29 is 4.84 Å². The summed E-state index contributed by atoms with van der Waals surface area (Å²) in [5.41, 5.74) is -0.181. The number of piperidine rings is 1. The first-order valence-electron chi connectivity index (χ1n) is 5.69. The predicted molar refractivity (Wildman–Crippen MR) is 60.0 cm³/mol. The average Bonchev–Trinajstić information content (AvgIpc) is 2.12. The molecular weight excluding hydrogens is 188 g/mol. The normalized spacial score (nSPS) is 29.7. The van der Waals surface area contributed by atoms with Gasteiger partial charge in [0.05, 0.1) is 24.1 Å². The van der Waals surface area contributed by atoms with Crippen LogP contribution in [0.2, 0.25) is 0 Å². The van der Waals surface area contributed by atoms with Gasteiger partial charge in [-0.1, -0.05) is 0 Å². The highest BCUT2D eigenvalue weighted by Gasteiger charge is 2.48. The van der Waals surface area contributed by atoms with E-state index in [2.05, 4.69) is 33.8 Å². The lowest BCUT2D eigenvalue weighted by molar-refractivity contribution is -0.286. The molecule has 1 aliphatic heterocycles. The van der Waals surface area contributed by atoms with E-state index < -0.39 is 0 Å². The first-order chi connectivity index (χ1) is 6.86. The van der Waals surface area contributed by atoms with Gasteiger partial charge in [0.2, 0.25) is 0 Å². The minimum atomic E-state index is -0.202. The second-order valence-corrected chi connectivity index (χ2v) is 5.40. The molecule has 0 bridgehead atoms. The second-order valence-electron chi connectivity index (χ2n) is 5.40. The van der Waals surface area contributed by atoms with Crippen molar-refractivity contribution >= 4 is 0 Å². The fraction of sp³-hybridized carbons (Fsp3) is 0.917. The minimum Gasteiger partial charge on any atom is -0.298 e. The summed E-state index contributed by atoms with van der Waals surface area (Å²) in [4.78, 5) is 5.73. The first kappa shape index (κ1) is 12.5. The van der Waals surface area contributed by atoms with Crippen LogP contribution in [0.25, 0.3) is 0 Å². The summed E-state index contributed by atoms with van der Waals surface area (Å²) in [6.07, 6.45) is 1.97. The highest BCUT2D eigenvalue weighted by Crippen LogP contribution is 2.41. The van der Waals surface area contributed by atoms with Crippen molar-refractivity contribution in [2.75, 3.05) is 6.61 Å². The van der Waals surface area contributed by atoms with Gasteiger partial charge in [-0.05, 0) is 47.5 Å². The predicted octanol–water partition coefficient (Wildman–Crippen LogP) is 2.73. The van der Waals surface area contributed by atoms with Gasteiger partial charge in [0, 0.05) is 5.54 Å². The fourth-order valence-corrected chi connectivity index (χ4v) is 2.57. The Morgan fingerprint density at radius 3 is 2.47 bits per heavy atom. The molecule has 15 heavy (non-hydrogen) atoms. The molecule has 1 unspecified atom stereocenters. The number of rotatable bonds is 2. The van der Waals surface area contributed by atoms with E-state index in [0.29, 0.717) is 6.61 Å². The third kappa shape index (κ3) is 2.16. The number of hydrogen-bond donors (Lipinski definition) is 0. The van der Waals surface area contributed by atoms with Crippen molar-refractivity contribution in [2.45, 2.75) is 58.5 Å². The maximum atomic E-state index is 9.15. The van der Waals surface area contributed by atoms with E-state index in [9.17, 15) is 0 Å². The summed E-state index contributed by atoms with van der Waals surface area (Å²) in [6.45, 7) is 11.2. The number of hydrogen-bond acceptors (Lipinski definition) is 3. The summed E-state index contributed by atoms with van der Waals surface area (Å²) >= 11 is 0. The second kappa shape index (κ2) is 4.11. The Morgan fingerprint density at radius 2 is 2.00 bits per heavy atom. The molecule has 1 heterocycles. The lowest BCUT2D eigenvalue weighted by Gasteiger charge is -2.53. The molecule has 3 heteroatoms. The molecule has 0 aromatic rings. The largest absolute Gasteiger partial charge is 0.298 e. The van der Waals surface area contributed by atoms with Gasteiger partial charge < -0.3 is 0 Å². The molecule has 0 aromatic carbocycles. The zero-order valence-corrected chi connectivity index (χ0v) is 10.5. The number of hydroxylamine groups is 2. The molecule has 0 N–H and O–H groups in total. The van der Waals surface area contributed by atoms with Crippen LogP contribution in [-0.2, 0) is 4.84 Å². The maximum Gasteiger partial charge on any atom is 0.0676 e. The molecule has 0 aromatic heterocycles. The molecular formula is C12H22N2O. The summed E-state index contributed by atoms with van der Waals surface area (Å²) in [6, 6.07) is 2.40. The molecule has 0 aliphatic carbocycles. The Labute approximate surface area is 93.0 Å². The molecule has 1 saturated heterocycles. The van der Waals surface area contributed by atoms with Crippen LogP contribution in [0.3, 0.4) is 0 Å². The monoisotopic (exact) mass is 210 g/mol. The van der Waals surface area contributed by atoms with E-state index >= 15 is 0 Å². The highest BCUT2D eigenvalue weighted by molar-refractivity contribution is 5.05. The van der Waals surface area contributed by atoms with Crippen molar-refractivity contribution in [1.29, 1.82) is 5.26 Å². The quantitative estimate of drug-likeness (QED) is 0.703. The Hall–Kier alpha value is -0.590. The van der Waals surface area contributed by atoms with E-state index in [1.54, 1.807) is 0 Å². The van der Waals surface area contributed by atoms with Gasteiger partial charge in [0.1, 0.15) is 0 Å². The van der Waals surface area contributed by atoms with Crippen molar-refractivity contribution in [3.63, 3.8) is 0 Å². The van der Waals surface area contributed by atoms with Crippen LogP contribution in [0.1, 0.15) is 47.5 Å². The average molecular weight is 210 g/mol. The van der Waals surface area contributed by atoms with Crippen LogP contribution in [0.15, 0.2) is 0 Å². The molecule has 1 atom stereocenters. The van der Waals surface area contributed by atoms with E-state index in [0.717, 1.165) is 12.8 Å². The van der Waals surface area contributed by atoms with Crippen LogP contribution < -0.4 is 0 Å². The lowest BCUT2D eigenvalue weighted by Crippen LogP contribution is -2.61. The third-order valence-electron chi connectivity index (χ3n) is 3.38. The molecule has 1 aliphatic rings. The number of nitriles is 1. The van der Waals surface area contributed by atoms with E-state index in [4.69, 9.17) is 10.1 Å². The van der Waals surface area contributed by atoms with Crippen molar-refractivity contribution in [3.8, 4) is 6.07 Å². The fourth-order valence-electron chi connectivity index (χ4n) is 2.57. The van der Waals surface area contributed by atoms with Gasteiger partial charge in [-0.2, -0.15) is 10.3 Å². The van der Waals surface area contributed by atoms with Gasteiger partial charge >= 0.3 is 0 Å². The van der Waals surface area contributed by atoms with E-state index in [-0.39, 0.29) is 17.0 Å². The molecule has 1 fully saturated rings. The van der Waals surface area contributed by atoms with Crippen molar-refractivity contribution in [2.24, 2.45) is 5.92 Å². The van der Waals surface area contributed by atoms with Gasteiger partial charge in [-0.15, -0.1) is 0 Å². The Kier molecular flexibility index (Phi) is 3.42. The molecule has 0 amide bonds. The van der Waals surface area contributed by atoms with Crippen LogP contribution in [0.4, 0.5) is 0 Å². The standard InChI is InChI=1S/C12H22N2O/c1-6-15-14-11(2,3)8-7-10(9-13)12(14,4)5/h10H,6-8H2,1-5H3. The maximum absolute atomic E-state index is 9.15. The Balaban J connectivity index is 2.97. The van der Waals surface area contributed by atoms with E-state index in [1.165, 1.54) is 0 Å².